The number of carbonyl (C=O) groups is 2. The molecule has 0 aliphatic carbocycles. The van der Waals surface area contributed by atoms with E-state index >= 15 is 0 Å². The predicted molar refractivity (Wildman–Crippen MR) is 57.3 cm³/mol. The van der Waals surface area contributed by atoms with Gasteiger partial charge in [0.05, 0.1) is 11.8 Å². The highest BCUT2D eigenvalue weighted by Crippen LogP contribution is 2.04. The summed E-state index contributed by atoms with van der Waals surface area (Å²) in [7, 11) is 0. The summed E-state index contributed by atoms with van der Waals surface area (Å²) in [6.45, 7) is 0.0823. The van der Waals surface area contributed by atoms with E-state index in [2.05, 4.69) is 9.47 Å². The van der Waals surface area contributed by atoms with Gasteiger partial charge in [-0.15, -0.1) is 23.2 Å². The van der Waals surface area contributed by atoms with Crippen LogP contribution in [-0.2, 0) is 19.1 Å². The fraction of sp³-hybridized carbons (Fsp3) is 0.500. The van der Waals surface area contributed by atoms with Gasteiger partial charge in [0, 0.05) is 6.08 Å². The highest BCUT2D eigenvalue weighted by atomic mass is 35.5. The van der Waals surface area contributed by atoms with Crippen LogP contribution >= 0.6 is 34.8 Å². The molecule has 4 nitrogen and oxygen atoms in total. The zero-order chi connectivity index (χ0) is 11.7. The SMILES string of the molecule is O=C(C=C(Cl)C(=O)OCCCl)OCCCl. The molecule has 0 aromatic carbocycles. The highest BCUT2D eigenvalue weighted by molar-refractivity contribution is 6.42. The molecule has 0 bridgehead atoms. The van der Waals surface area contributed by atoms with Crippen molar-refractivity contribution in [3.05, 3.63) is 11.1 Å². The van der Waals surface area contributed by atoms with E-state index in [4.69, 9.17) is 34.8 Å². The maximum atomic E-state index is 11.0. The number of halogens is 3. The first kappa shape index (κ1) is 14.6. The molecule has 0 unspecified atom stereocenters. The van der Waals surface area contributed by atoms with Crippen molar-refractivity contribution in [3.8, 4) is 0 Å². The number of hydrogen-bond acceptors (Lipinski definition) is 4. The molecule has 0 saturated carbocycles. The molecule has 0 radical (unpaired) electrons. The molecule has 0 amide bonds. The van der Waals surface area contributed by atoms with Gasteiger partial charge in [-0.2, -0.15) is 0 Å². The standard InChI is InChI=1S/C8H9Cl3O4/c9-1-3-14-7(12)5-6(11)8(13)15-4-2-10/h5H,1-4H2. The van der Waals surface area contributed by atoms with E-state index in [1.807, 2.05) is 0 Å². The Morgan fingerprint density at radius 3 is 2.13 bits per heavy atom. The Balaban J connectivity index is 4.05. The van der Waals surface area contributed by atoms with Gasteiger partial charge in [-0.1, -0.05) is 11.6 Å². The van der Waals surface area contributed by atoms with E-state index in [-0.39, 0.29) is 30.0 Å². The summed E-state index contributed by atoms with van der Waals surface area (Å²) < 4.78 is 9.10. The lowest BCUT2D eigenvalue weighted by atomic mass is 10.5. The number of hydrogen-bond donors (Lipinski definition) is 0. The fourth-order valence-corrected chi connectivity index (χ4v) is 0.841. The number of carbonyl (C=O) groups excluding carboxylic acids is 2. The molecule has 0 heterocycles. The van der Waals surface area contributed by atoms with Gasteiger partial charge in [-0.25, -0.2) is 9.59 Å². The third-order valence-electron chi connectivity index (χ3n) is 1.07. The van der Waals surface area contributed by atoms with Crippen LogP contribution < -0.4 is 0 Å². The molecule has 7 heteroatoms. The van der Waals surface area contributed by atoms with Crippen molar-refractivity contribution < 1.29 is 19.1 Å². The van der Waals surface area contributed by atoms with Gasteiger partial charge >= 0.3 is 11.9 Å². The zero-order valence-corrected chi connectivity index (χ0v) is 9.94. The van der Waals surface area contributed by atoms with Crippen LogP contribution in [0.4, 0.5) is 0 Å². The Labute approximate surface area is 102 Å². The second-order valence-corrected chi connectivity index (χ2v) is 3.34. The Hall–Kier alpha value is -0.450. The normalized spacial score (nSPS) is 11.0. The zero-order valence-electron chi connectivity index (χ0n) is 7.67. The summed E-state index contributed by atoms with van der Waals surface area (Å²) in [4.78, 5) is 21.9. The molecule has 0 saturated heterocycles. The van der Waals surface area contributed by atoms with Crippen LogP contribution in [0.3, 0.4) is 0 Å². The van der Waals surface area contributed by atoms with Crippen LogP contribution in [0, 0.1) is 0 Å². The van der Waals surface area contributed by atoms with Crippen LogP contribution in [0.5, 0.6) is 0 Å². The average Bonchev–Trinajstić information content (AvgIpc) is 2.22. The van der Waals surface area contributed by atoms with E-state index in [1.165, 1.54) is 0 Å². The van der Waals surface area contributed by atoms with Gasteiger partial charge in [0.2, 0.25) is 0 Å². The fourth-order valence-electron chi connectivity index (χ4n) is 0.543. The highest BCUT2D eigenvalue weighted by Gasteiger charge is 2.10. The molecule has 86 valence electrons. The van der Waals surface area contributed by atoms with Crippen molar-refractivity contribution in [2.45, 2.75) is 0 Å². The van der Waals surface area contributed by atoms with Crippen molar-refractivity contribution in [2.75, 3.05) is 25.0 Å². The van der Waals surface area contributed by atoms with Gasteiger partial charge in [-0.3, -0.25) is 0 Å². The van der Waals surface area contributed by atoms with E-state index < -0.39 is 11.9 Å². The average molecular weight is 276 g/mol. The molecule has 0 fully saturated rings. The first-order chi connectivity index (χ1) is 7.11. The number of ether oxygens (including phenoxy) is 2. The van der Waals surface area contributed by atoms with E-state index in [0.29, 0.717) is 0 Å². The van der Waals surface area contributed by atoms with Crippen LogP contribution in [0.15, 0.2) is 11.1 Å². The molecule has 0 atom stereocenters. The molecule has 15 heavy (non-hydrogen) atoms. The quantitative estimate of drug-likeness (QED) is 0.420. The van der Waals surface area contributed by atoms with Crippen LogP contribution in [0.25, 0.3) is 0 Å². The second kappa shape index (κ2) is 8.83. The van der Waals surface area contributed by atoms with Gasteiger partial charge in [0.1, 0.15) is 18.2 Å². The van der Waals surface area contributed by atoms with E-state index in [1.54, 1.807) is 0 Å². The number of rotatable bonds is 6. The predicted octanol–water partition coefficient (Wildman–Crippen LogP) is 1.67. The van der Waals surface area contributed by atoms with Gasteiger partial charge in [-0.05, 0) is 0 Å². The Kier molecular flexibility index (Phi) is 8.56. The van der Waals surface area contributed by atoms with E-state index in [9.17, 15) is 9.59 Å². The molecule has 0 spiro atoms. The van der Waals surface area contributed by atoms with Crippen molar-refractivity contribution >= 4 is 46.7 Å². The summed E-state index contributed by atoms with van der Waals surface area (Å²) >= 11 is 16.0. The monoisotopic (exact) mass is 274 g/mol. The molecule has 0 rings (SSSR count). The lowest BCUT2D eigenvalue weighted by Gasteiger charge is -2.01. The van der Waals surface area contributed by atoms with Crippen LogP contribution in [0.2, 0.25) is 0 Å². The minimum Gasteiger partial charge on any atom is -0.461 e. The number of esters is 2. The molecular formula is C8H9Cl3O4. The lowest BCUT2D eigenvalue weighted by molar-refractivity contribution is -0.140. The molecule has 0 aromatic heterocycles. The van der Waals surface area contributed by atoms with Gasteiger partial charge in [0.15, 0.2) is 0 Å². The summed E-state index contributed by atoms with van der Waals surface area (Å²) in [5.41, 5.74) is 0. The molecule has 0 aromatic rings. The van der Waals surface area contributed by atoms with Gasteiger partial charge < -0.3 is 9.47 Å². The molecular weight excluding hydrogens is 266 g/mol. The molecule has 0 aliphatic heterocycles. The third-order valence-corrected chi connectivity index (χ3v) is 1.64. The maximum Gasteiger partial charge on any atom is 0.350 e. The minimum atomic E-state index is -0.819. The Bertz CT molecular complexity index is 252. The van der Waals surface area contributed by atoms with E-state index in [0.717, 1.165) is 6.08 Å². The number of alkyl halides is 2. The van der Waals surface area contributed by atoms with Crippen molar-refractivity contribution in [2.24, 2.45) is 0 Å². The van der Waals surface area contributed by atoms with Crippen molar-refractivity contribution in [1.29, 1.82) is 0 Å². The summed E-state index contributed by atoms with van der Waals surface area (Å²) in [5, 5.41) is -0.361. The van der Waals surface area contributed by atoms with Crippen LogP contribution in [0.1, 0.15) is 0 Å². The van der Waals surface area contributed by atoms with Crippen molar-refractivity contribution in [1.82, 2.24) is 0 Å². The maximum absolute atomic E-state index is 11.0. The Morgan fingerprint density at radius 1 is 1.07 bits per heavy atom. The summed E-state index contributed by atoms with van der Waals surface area (Å²) in [5.74, 6) is -1.23. The van der Waals surface area contributed by atoms with Crippen LogP contribution in [-0.4, -0.2) is 36.9 Å². The molecule has 0 N–H and O–H groups in total. The Morgan fingerprint density at radius 2 is 1.60 bits per heavy atom. The first-order valence-corrected chi connectivity index (χ1v) is 5.39. The first-order valence-electron chi connectivity index (χ1n) is 3.94. The largest absolute Gasteiger partial charge is 0.461 e. The minimum absolute atomic E-state index is 0.0289. The summed E-state index contributed by atoms with van der Waals surface area (Å²) in [6.07, 6.45) is 0.824. The summed E-state index contributed by atoms with van der Waals surface area (Å²) in [6, 6.07) is 0. The van der Waals surface area contributed by atoms with Crippen molar-refractivity contribution in [3.63, 3.8) is 0 Å². The van der Waals surface area contributed by atoms with Gasteiger partial charge in [0.25, 0.3) is 0 Å². The third kappa shape index (κ3) is 7.48. The molecule has 0 aliphatic rings. The lowest BCUT2D eigenvalue weighted by Crippen LogP contribution is -2.10. The second-order valence-electron chi connectivity index (χ2n) is 2.17. The topological polar surface area (TPSA) is 52.6 Å². The smallest absolute Gasteiger partial charge is 0.350 e.